The van der Waals surface area contributed by atoms with Gasteiger partial charge in [0.1, 0.15) is 0 Å². The molecule has 0 amide bonds. The molecule has 0 aromatic carbocycles. The monoisotopic (exact) mass is 237 g/mol. The van der Waals surface area contributed by atoms with Crippen LogP contribution in [0.15, 0.2) is 0 Å². The van der Waals surface area contributed by atoms with E-state index >= 15 is 0 Å². The zero-order valence-corrected chi connectivity index (χ0v) is 12.0. The second kappa shape index (κ2) is 6.77. The molecule has 3 heteroatoms. The standard InChI is InChI=1S/C12H21N3.C2H6/c1-9(2)15-12-10(3)7-5-4-6-8-11(12)13-14-15;1-2/h9-10H,4-8H2,1-3H3;1-2H3. The Bertz CT molecular complexity index is 328. The molecular weight excluding hydrogens is 210 g/mol. The Morgan fingerprint density at radius 3 is 2.53 bits per heavy atom. The summed E-state index contributed by atoms with van der Waals surface area (Å²) in [4.78, 5) is 0. The quantitative estimate of drug-likeness (QED) is 0.736. The summed E-state index contributed by atoms with van der Waals surface area (Å²) < 4.78 is 2.12. The highest BCUT2D eigenvalue weighted by Crippen LogP contribution is 2.29. The van der Waals surface area contributed by atoms with E-state index in [-0.39, 0.29) is 0 Å². The fourth-order valence-electron chi connectivity index (χ4n) is 2.46. The van der Waals surface area contributed by atoms with Gasteiger partial charge in [-0.25, -0.2) is 4.68 Å². The minimum absolute atomic E-state index is 0.433. The van der Waals surface area contributed by atoms with E-state index in [9.17, 15) is 0 Å². The van der Waals surface area contributed by atoms with Crippen LogP contribution in [0, 0.1) is 0 Å². The third-order valence-corrected chi connectivity index (χ3v) is 3.31. The molecule has 1 unspecified atom stereocenters. The molecule has 98 valence electrons. The molecule has 0 aliphatic heterocycles. The highest BCUT2D eigenvalue weighted by atomic mass is 15.4. The number of nitrogens with zero attached hydrogens (tertiary/aromatic N) is 3. The van der Waals surface area contributed by atoms with Crippen molar-refractivity contribution in [1.82, 2.24) is 15.0 Å². The van der Waals surface area contributed by atoms with E-state index in [2.05, 4.69) is 35.8 Å². The van der Waals surface area contributed by atoms with Crippen LogP contribution in [-0.2, 0) is 6.42 Å². The largest absolute Gasteiger partial charge is 0.246 e. The van der Waals surface area contributed by atoms with Gasteiger partial charge < -0.3 is 0 Å². The molecule has 1 aromatic rings. The summed E-state index contributed by atoms with van der Waals surface area (Å²) in [5.74, 6) is 0.623. The Kier molecular flexibility index (Phi) is 5.66. The van der Waals surface area contributed by atoms with Crippen LogP contribution in [0.1, 0.15) is 83.6 Å². The Morgan fingerprint density at radius 1 is 1.18 bits per heavy atom. The van der Waals surface area contributed by atoms with E-state index in [1.165, 1.54) is 37.1 Å². The van der Waals surface area contributed by atoms with Gasteiger partial charge in [0, 0.05) is 6.04 Å². The maximum atomic E-state index is 4.34. The summed E-state index contributed by atoms with van der Waals surface area (Å²) >= 11 is 0. The molecule has 1 heterocycles. The maximum absolute atomic E-state index is 4.34. The van der Waals surface area contributed by atoms with Crippen molar-refractivity contribution in [1.29, 1.82) is 0 Å². The fraction of sp³-hybridized carbons (Fsp3) is 0.857. The van der Waals surface area contributed by atoms with Crippen molar-refractivity contribution < 1.29 is 0 Å². The highest BCUT2D eigenvalue weighted by Gasteiger charge is 2.21. The molecule has 0 N–H and O–H groups in total. The highest BCUT2D eigenvalue weighted by molar-refractivity contribution is 5.16. The van der Waals surface area contributed by atoms with Gasteiger partial charge in [0.15, 0.2) is 0 Å². The Hall–Kier alpha value is -0.860. The van der Waals surface area contributed by atoms with Crippen molar-refractivity contribution in [2.75, 3.05) is 0 Å². The lowest BCUT2D eigenvalue weighted by molar-refractivity contribution is 0.459. The topological polar surface area (TPSA) is 30.7 Å². The third-order valence-electron chi connectivity index (χ3n) is 3.31. The van der Waals surface area contributed by atoms with Crippen LogP contribution in [-0.4, -0.2) is 15.0 Å². The molecule has 1 aliphatic carbocycles. The third kappa shape index (κ3) is 3.30. The SMILES string of the molecule is CC.CC1CCCCCc2nnn(C(C)C)c21. The first kappa shape index (κ1) is 14.2. The number of hydrogen-bond donors (Lipinski definition) is 0. The molecule has 0 saturated heterocycles. The maximum Gasteiger partial charge on any atom is 0.0862 e. The van der Waals surface area contributed by atoms with E-state index in [0.717, 1.165) is 6.42 Å². The van der Waals surface area contributed by atoms with E-state index in [0.29, 0.717) is 12.0 Å². The predicted octanol–water partition coefficient (Wildman–Crippen LogP) is 4.11. The Morgan fingerprint density at radius 2 is 1.88 bits per heavy atom. The molecule has 2 rings (SSSR count). The van der Waals surface area contributed by atoms with Gasteiger partial charge in [-0.3, -0.25) is 0 Å². The molecule has 1 aliphatic rings. The summed E-state index contributed by atoms with van der Waals surface area (Å²) in [5, 5.41) is 8.64. The molecule has 0 saturated carbocycles. The van der Waals surface area contributed by atoms with Crippen LogP contribution in [0.25, 0.3) is 0 Å². The van der Waals surface area contributed by atoms with Crippen molar-refractivity contribution >= 4 is 0 Å². The summed E-state index contributed by atoms with van der Waals surface area (Å²) in [6.07, 6.45) is 6.37. The normalized spacial score (nSPS) is 20.0. The summed E-state index contributed by atoms with van der Waals surface area (Å²) in [6.45, 7) is 10.7. The Labute approximate surface area is 106 Å². The lowest BCUT2D eigenvalue weighted by Gasteiger charge is -2.19. The van der Waals surface area contributed by atoms with Crippen molar-refractivity contribution in [3.63, 3.8) is 0 Å². The minimum atomic E-state index is 0.433. The first-order valence-corrected chi connectivity index (χ1v) is 7.14. The summed E-state index contributed by atoms with van der Waals surface area (Å²) in [7, 11) is 0. The second-order valence-corrected chi connectivity index (χ2v) is 4.96. The molecular formula is C14H27N3. The van der Waals surface area contributed by atoms with Crippen LogP contribution in [0.3, 0.4) is 0 Å². The summed E-state index contributed by atoms with van der Waals surface area (Å²) in [6, 6.07) is 0.433. The lowest BCUT2D eigenvalue weighted by atomic mass is 9.93. The smallest absolute Gasteiger partial charge is 0.0862 e. The summed E-state index contributed by atoms with van der Waals surface area (Å²) in [5.41, 5.74) is 2.64. The number of aryl methyl sites for hydroxylation is 1. The number of aromatic nitrogens is 3. The molecule has 17 heavy (non-hydrogen) atoms. The fourth-order valence-corrected chi connectivity index (χ4v) is 2.46. The van der Waals surface area contributed by atoms with E-state index in [1.54, 1.807) is 0 Å². The van der Waals surface area contributed by atoms with E-state index in [4.69, 9.17) is 0 Å². The first-order valence-electron chi connectivity index (χ1n) is 7.14. The van der Waals surface area contributed by atoms with Gasteiger partial charge >= 0.3 is 0 Å². The second-order valence-electron chi connectivity index (χ2n) is 4.96. The zero-order chi connectivity index (χ0) is 12.8. The lowest BCUT2D eigenvalue weighted by Crippen LogP contribution is -2.12. The van der Waals surface area contributed by atoms with Crippen molar-refractivity contribution in [3.8, 4) is 0 Å². The average molecular weight is 237 g/mol. The van der Waals surface area contributed by atoms with Gasteiger partial charge in [-0.05, 0) is 39.0 Å². The van der Waals surface area contributed by atoms with Crippen LogP contribution in [0.4, 0.5) is 0 Å². The first-order chi connectivity index (χ1) is 8.20. The van der Waals surface area contributed by atoms with Crippen LogP contribution in [0.5, 0.6) is 0 Å². The molecule has 0 bridgehead atoms. The van der Waals surface area contributed by atoms with Crippen molar-refractivity contribution in [3.05, 3.63) is 11.4 Å². The average Bonchev–Trinajstić information content (AvgIpc) is 2.72. The molecule has 0 radical (unpaired) electrons. The van der Waals surface area contributed by atoms with E-state index in [1.807, 2.05) is 13.8 Å². The van der Waals surface area contributed by atoms with Crippen molar-refractivity contribution in [2.24, 2.45) is 0 Å². The number of fused-ring (bicyclic) bond motifs is 1. The predicted molar refractivity (Wildman–Crippen MR) is 72.3 cm³/mol. The van der Waals surface area contributed by atoms with Gasteiger partial charge in [-0.15, -0.1) is 5.10 Å². The zero-order valence-electron chi connectivity index (χ0n) is 12.0. The van der Waals surface area contributed by atoms with Crippen LogP contribution in [0.2, 0.25) is 0 Å². The number of hydrogen-bond acceptors (Lipinski definition) is 2. The van der Waals surface area contributed by atoms with Gasteiger partial charge in [-0.2, -0.15) is 0 Å². The van der Waals surface area contributed by atoms with Gasteiger partial charge in [0.25, 0.3) is 0 Å². The van der Waals surface area contributed by atoms with Gasteiger partial charge in [0.2, 0.25) is 0 Å². The van der Waals surface area contributed by atoms with Gasteiger partial charge in [0.05, 0.1) is 11.4 Å². The molecule has 1 atom stereocenters. The van der Waals surface area contributed by atoms with Crippen molar-refractivity contribution in [2.45, 2.75) is 78.7 Å². The van der Waals surface area contributed by atoms with E-state index < -0.39 is 0 Å². The molecule has 1 aromatic heterocycles. The van der Waals surface area contributed by atoms with Crippen LogP contribution < -0.4 is 0 Å². The Balaban J connectivity index is 0.000000686. The molecule has 0 spiro atoms. The van der Waals surface area contributed by atoms with Crippen LogP contribution >= 0.6 is 0 Å². The molecule has 0 fully saturated rings. The number of rotatable bonds is 1. The minimum Gasteiger partial charge on any atom is -0.246 e. The molecule has 3 nitrogen and oxygen atoms in total. The van der Waals surface area contributed by atoms with Gasteiger partial charge in [-0.1, -0.05) is 38.8 Å².